The van der Waals surface area contributed by atoms with Gasteiger partial charge in [0.2, 0.25) is 5.82 Å². The second kappa shape index (κ2) is 5.61. The maximum Gasteiger partial charge on any atom is 0.442 e. The van der Waals surface area contributed by atoms with Crippen molar-refractivity contribution in [3.8, 4) is 22.1 Å². The van der Waals surface area contributed by atoms with Crippen LogP contribution in [-0.4, -0.2) is 24.7 Å². The average molecular weight is 327 g/mol. The number of aromatic nitrogens is 5. The van der Waals surface area contributed by atoms with Crippen LogP contribution >= 0.6 is 11.3 Å². The zero-order valence-corrected chi connectivity index (χ0v) is 12.4. The highest BCUT2D eigenvalue weighted by Gasteiger charge is 2.16. The van der Waals surface area contributed by atoms with Crippen LogP contribution in [0.3, 0.4) is 0 Å². The molecule has 0 amide bonds. The van der Waals surface area contributed by atoms with Crippen LogP contribution in [0, 0.1) is 0 Å². The van der Waals surface area contributed by atoms with Gasteiger partial charge in [0.1, 0.15) is 17.0 Å². The van der Waals surface area contributed by atoms with Crippen molar-refractivity contribution in [1.29, 1.82) is 0 Å². The van der Waals surface area contributed by atoms with E-state index in [1.807, 2.05) is 11.4 Å². The zero-order valence-electron chi connectivity index (χ0n) is 11.6. The quantitative estimate of drug-likeness (QED) is 0.565. The number of rotatable bonds is 4. The molecule has 0 fully saturated rings. The maximum atomic E-state index is 11.9. The fraction of sp³-hybridized carbons (Fsp3) is 0.0714. The largest absolute Gasteiger partial charge is 0.472 e. The molecule has 0 radical (unpaired) electrons. The molecule has 0 saturated heterocycles. The molecule has 0 N–H and O–H groups in total. The van der Waals surface area contributed by atoms with Crippen molar-refractivity contribution < 1.29 is 8.94 Å². The van der Waals surface area contributed by atoms with Crippen LogP contribution in [0.15, 0.2) is 56.3 Å². The van der Waals surface area contributed by atoms with E-state index in [-0.39, 0.29) is 6.54 Å². The molecule has 4 heterocycles. The highest BCUT2D eigenvalue weighted by molar-refractivity contribution is 7.13. The Balaban J connectivity index is 1.68. The standard InChI is InChI=1S/C14H9N5O3S/c20-14-19(12(18-22-14)11-5-15-2-3-16-11)6-10-8-23-13(17-10)9-1-4-21-7-9/h1-5,7-8H,6H2. The number of furan rings is 1. The van der Waals surface area contributed by atoms with Crippen molar-refractivity contribution >= 4 is 11.3 Å². The van der Waals surface area contributed by atoms with E-state index in [0.29, 0.717) is 11.5 Å². The Kier molecular flexibility index (Phi) is 3.31. The van der Waals surface area contributed by atoms with Gasteiger partial charge in [-0.2, -0.15) is 0 Å². The van der Waals surface area contributed by atoms with Crippen LogP contribution < -0.4 is 5.76 Å². The van der Waals surface area contributed by atoms with Crippen molar-refractivity contribution in [2.75, 3.05) is 0 Å². The van der Waals surface area contributed by atoms with Gasteiger partial charge in [-0.25, -0.2) is 19.3 Å². The van der Waals surface area contributed by atoms with Crippen molar-refractivity contribution in [3.05, 3.63) is 58.8 Å². The summed E-state index contributed by atoms with van der Waals surface area (Å²) in [6.07, 6.45) is 7.81. The summed E-state index contributed by atoms with van der Waals surface area (Å²) in [4.78, 5) is 24.5. The van der Waals surface area contributed by atoms with E-state index in [9.17, 15) is 4.79 Å². The molecule has 9 heteroatoms. The Morgan fingerprint density at radius 1 is 1.30 bits per heavy atom. The second-order valence-corrected chi connectivity index (χ2v) is 5.46. The lowest BCUT2D eigenvalue weighted by atomic mass is 10.3. The molecular formula is C14H9N5O3S. The summed E-state index contributed by atoms with van der Waals surface area (Å²) in [6, 6.07) is 1.83. The van der Waals surface area contributed by atoms with E-state index in [0.717, 1.165) is 16.3 Å². The first-order valence-electron chi connectivity index (χ1n) is 6.61. The monoisotopic (exact) mass is 327 g/mol. The lowest BCUT2D eigenvalue weighted by Gasteiger charge is -2.01. The SMILES string of the molecule is O=c1onc(-c2cnccn2)n1Cc1csc(-c2ccoc2)n1. The predicted octanol–water partition coefficient (Wildman–Crippen LogP) is 2.06. The third-order valence-corrected chi connectivity index (χ3v) is 4.06. The molecule has 8 nitrogen and oxygen atoms in total. The van der Waals surface area contributed by atoms with Crippen molar-refractivity contribution in [3.63, 3.8) is 0 Å². The van der Waals surface area contributed by atoms with E-state index in [4.69, 9.17) is 8.94 Å². The summed E-state index contributed by atoms with van der Waals surface area (Å²) in [5.74, 6) is -0.246. The fourth-order valence-electron chi connectivity index (χ4n) is 2.07. The second-order valence-electron chi connectivity index (χ2n) is 4.60. The molecular weight excluding hydrogens is 318 g/mol. The van der Waals surface area contributed by atoms with Gasteiger partial charge in [0.25, 0.3) is 0 Å². The molecule has 114 valence electrons. The van der Waals surface area contributed by atoms with Gasteiger partial charge in [-0.05, 0) is 6.07 Å². The highest BCUT2D eigenvalue weighted by atomic mass is 32.1. The number of thiazole rings is 1. The zero-order chi connectivity index (χ0) is 15.6. The Morgan fingerprint density at radius 3 is 3.04 bits per heavy atom. The van der Waals surface area contributed by atoms with Gasteiger partial charge < -0.3 is 4.42 Å². The smallest absolute Gasteiger partial charge is 0.442 e. The van der Waals surface area contributed by atoms with Gasteiger partial charge in [0, 0.05) is 23.3 Å². The van der Waals surface area contributed by atoms with Crippen molar-refractivity contribution in [1.82, 2.24) is 24.7 Å². The molecule has 4 aromatic heterocycles. The average Bonchev–Trinajstić information content (AvgIpc) is 3.31. The van der Waals surface area contributed by atoms with E-state index in [1.165, 1.54) is 28.3 Å². The van der Waals surface area contributed by atoms with Crippen LogP contribution in [0.4, 0.5) is 0 Å². The van der Waals surface area contributed by atoms with Gasteiger partial charge in [0.05, 0.1) is 24.7 Å². The first-order chi connectivity index (χ1) is 11.3. The van der Waals surface area contributed by atoms with E-state index < -0.39 is 5.76 Å². The number of nitrogens with zero attached hydrogens (tertiary/aromatic N) is 5. The van der Waals surface area contributed by atoms with E-state index in [2.05, 4.69) is 20.1 Å². The van der Waals surface area contributed by atoms with Crippen LogP contribution in [0.2, 0.25) is 0 Å². The molecule has 0 bridgehead atoms. The van der Waals surface area contributed by atoms with Gasteiger partial charge in [0.15, 0.2) is 0 Å². The number of hydrogen-bond donors (Lipinski definition) is 0. The third-order valence-electron chi connectivity index (χ3n) is 3.12. The third kappa shape index (κ3) is 2.57. The molecule has 4 rings (SSSR count). The topological polar surface area (TPSA) is 99.8 Å². The predicted molar refractivity (Wildman–Crippen MR) is 80.7 cm³/mol. The Labute approximate surface area is 133 Å². The lowest BCUT2D eigenvalue weighted by molar-refractivity contribution is 0.378. The van der Waals surface area contributed by atoms with Gasteiger partial charge >= 0.3 is 5.76 Å². The normalized spacial score (nSPS) is 11.0. The molecule has 0 aliphatic carbocycles. The van der Waals surface area contributed by atoms with Gasteiger partial charge in [-0.1, -0.05) is 5.16 Å². The molecule has 23 heavy (non-hydrogen) atoms. The minimum absolute atomic E-state index is 0.239. The lowest BCUT2D eigenvalue weighted by Crippen LogP contribution is -2.16. The summed E-state index contributed by atoms with van der Waals surface area (Å²) in [5, 5.41) is 6.47. The Bertz CT molecular complexity index is 971. The van der Waals surface area contributed by atoms with E-state index in [1.54, 1.807) is 18.7 Å². The van der Waals surface area contributed by atoms with Gasteiger partial charge in [-0.15, -0.1) is 11.3 Å². The van der Waals surface area contributed by atoms with Crippen LogP contribution in [0.25, 0.3) is 22.1 Å². The molecule has 0 saturated carbocycles. The molecule has 0 unspecified atom stereocenters. The Hall–Kier alpha value is -3.07. The summed E-state index contributed by atoms with van der Waals surface area (Å²) < 4.78 is 11.2. The van der Waals surface area contributed by atoms with Crippen molar-refractivity contribution in [2.45, 2.75) is 6.54 Å². The highest BCUT2D eigenvalue weighted by Crippen LogP contribution is 2.24. The molecule has 4 aromatic rings. The van der Waals surface area contributed by atoms with E-state index >= 15 is 0 Å². The molecule has 0 aliphatic rings. The fourth-order valence-corrected chi connectivity index (χ4v) is 2.86. The minimum atomic E-state index is -0.566. The first-order valence-corrected chi connectivity index (χ1v) is 7.49. The molecule has 0 aliphatic heterocycles. The van der Waals surface area contributed by atoms with Crippen LogP contribution in [0.5, 0.6) is 0 Å². The Morgan fingerprint density at radius 2 is 2.26 bits per heavy atom. The van der Waals surface area contributed by atoms with Gasteiger partial charge in [-0.3, -0.25) is 9.51 Å². The summed E-state index contributed by atoms with van der Waals surface area (Å²) in [6.45, 7) is 0.239. The minimum Gasteiger partial charge on any atom is -0.472 e. The summed E-state index contributed by atoms with van der Waals surface area (Å²) in [5.41, 5.74) is 2.08. The summed E-state index contributed by atoms with van der Waals surface area (Å²) in [7, 11) is 0. The maximum absolute atomic E-state index is 11.9. The number of hydrogen-bond acceptors (Lipinski definition) is 8. The van der Waals surface area contributed by atoms with Crippen LogP contribution in [0.1, 0.15) is 5.69 Å². The first kappa shape index (κ1) is 13.6. The molecule has 0 aromatic carbocycles. The van der Waals surface area contributed by atoms with Crippen molar-refractivity contribution in [2.24, 2.45) is 0 Å². The summed E-state index contributed by atoms with van der Waals surface area (Å²) >= 11 is 1.47. The molecule has 0 atom stereocenters. The van der Waals surface area contributed by atoms with Crippen LogP contribution in [-0.2, 0) is 6.54 Å². The molecule has 0 spiro atoms.